The van der Waals surface area contributed by atoms with Crippen molar-refractivity contribution in [2.45, 2.75) is 44.8 Å². The van der Waals surface area contributed by atoms with Crippen molar-refractivity contribution >= 4 is 11.5 Å². The average molecular weight is 271 g/mol. The van der Waals surface area contributed by atoms with Crippen LogP contribution in [-0.4, -0.2) is 27.1 Å². The number of imidazole rings is 1. The minimum Gasteiger partial charge on any atom is -0.390 e. The van der Waals surface area contributed by atoms with E-state index in [1.807, 2.05) is 28.8 Å². The summed E-state index contributed by atoms with van der Waals surface area (Å²) >= 11 is 0. The van der Waals surface area contributed by atoms with Crippen LogP contribution in [0.5, 0.6) is 0 Å². The summed E-state index contributed by atoms with van der Waals surface area (Å²) in [5.74, 6) is 1.84. The standard InChI is InChI=1S/C16H21N3O/c20-11-14-16(17-15-7-3-4-9-18(14)15)19-10-8-12-5-1-2-6-13(12)19/h3-4,7,9,12-13,20H,1-2,5-6,8,10-11H2. The Hall–Kier alpha value is -1.55. The summed E-state index contributed by atoms with van der Waals surface area (Å²) in [6, 6.07) is 6.64. The van der Waals surface area contributed by atoms with Crippen LogP contribution in [0.1, 0.15) is 37.8 Å². The fourth-order valence-corrected chi connectivity index (χ4v) is 4.08. The first kappa shape index (κ1) is 12.2. The van der Waals surface area contributed by atoms with E-state index in [4.69, 9.17) is 4.98 Å². The number of nitrogens with zero attached hydrogens (tertiary/aromatic N) is 3. The lowest BCUT2D eigenvalue weighted by Crippen LogP contribution is -2.35. The molecule has 4 rings (SSSR count). The van der Waals surface area contributed by atoms with Crippen LogP contribution in [0, 0.1) is 5.92 Å². The Kier molecular flexibility index (Phi) is 2.91. The summed E-state index contributed by atoms with van der Waals surface area (Å²) in [5.41, 5.74) is 1.87. The third-order valence-corrected chi connectivity index (χ3v) is 5.04. The van der Waals surface area contributed by atoms with Gasteiger partial charge >= 0.3 is 0 Å². The predicted molar refractivity (Wildman–Crippen MR) is 78.8 cm³/mol. The Bertz CT molecular complexity index is 621. The van der Waals surface area contributed by atoms with Gasteiger partial charge in [0.1, 0.15) is 5.65 Å². The first-order chi connectivity index (χ1) is 9.88. The van der Waals surface area contributed by atoms with Crippen molar-refractivity contribution in [1.82, 2.24) is 9.38 Å². The van der Waals surface area contributed by atoms with Crippen molar-refractivity contribution in [2.24, 2.45) is 5.92 Å². The van der Waals surface area contributed by atoms with Gasteiger partial charge in [0.05, 0.1) is 12.3 Å². The monoisotopic (exact) mass is 271 g/mol. The van der Waals surface area contributed by atoms with Gasteiger partial charge in [0.2, 0.25) is 0 Å². The molecule has 3 heterocycles. The highest BCUT2D eigenvalue weighted by atomic mass is 16.3. The fourth-order valence-electron chi connectivity index (χ4n) is 4.08. The molecule has 1 saturated heterocycles. The maximum absolute atomic E-state index is 9.77. The first-order valence-corrected chi connectivity index (χ1v) is 7.72. The fraction of sp³-hybridized carbons (Fsp3) is 0.562. The summed E-state index contributed by atoms with van der Waals surface area (Å²) in [7, 11) is 0. The molecule has 2 aromatic rings. The molecule has 1 N–H and O–H groups in total. The Balaban J connectivity index is 1.78. The summed E-state index contributed by atoms with van der Waals surface area (Å²) in [6.07, 6.45) is 8.63. The molecule has 106 valence electrons. The molecule has 0 bridgehead atoms. The molecule has 0 spiro atoms. The van der Waals surface area contributed by atoms with Crippen LogP contribution in [0.25, 0.3) is 5.65 Å². The molecule has 2 unspecified atom stereocenters. The zero-order valence-electron chi connectivity index (χ0n) is 11.7. The minimum absolute atomic E-state index is 0.0500. The van der Waals surface area contributed by atoms with Crippen molar-refractivity contribution in [3.8, 4) is 0 Å². The van der Waals surface area contributed by atoms with Crippen molar-refractivity contribution in [2.75, 3.05) is 11.4 Å². The third kappa shape index (κ3) is 1.74. The van der Waals surface area contributed by atoms with Crippen molar-refractivity contribution in [3.05, 3.63) is 30.1 Å². The largest absolute Gasteiger partial charge is 0.390 e. The van der Waals surface area contributed by atoms with Gasteiger partial charge in [-0.05, 0) is 37.3 Å². The lowest BCUT2D eigenvalue weighted by atomic mass is 9.85. The van der Waals surface area contributed by atoms with Gasteiger partial charge in [-0.2, -0.15) is 0 Å². The predicted octanol–water partition coefficient (Wildman–Crippen LogP) is 2.60. The number of rotatable bonds is 2. The van der Waals surface area contributed by atoms with E-state index in [9.17, 15) is 5.11 Å². The van der Waals surface area contributed by atoms with E-state index in [1.54, 1.807) is 0 Å². The zero-order chi connectivity index (χ0) is 13.5. The van der Waals surface area contributed by atoms with E-state index in [1.165, 1.54) is 32.1 Å². The summed E-state index contributed by atoms with van der Waals surface area (Å²) in [6.45, 7) is 1.14. The van der Waals surface area contributed by atoms with Gasteiger partial charge in [-0.15, -0.1) is 0 Å². The lowest BCUT2D eigenvalue weighted by molar-refractivity contribution is 0.275. The normalized spacial score (nSPS) is 26.1. The van der Waals surface area contributed by atoms with Gasteiger partial charge in [0.15, 0.2) is 5.82 Å². The van der Waals surface area contributed by atoms with Gasteiger partial charge in [0.25, 0.3) is 0 Å². The molecule has 2 atom stereocenters. The van der Waals surface area contributed by atoms with Gasteiger partial charge in [-0.1, -0.05) is 18.9 Å². The number of hydrogen-bond acceptors (Lipinski definition) is 3. The second kappa shape index (κ2) is 4.77. The van der Waals surface area contributed by atoms with E-state index in [-0.39, 0.29) is 6.61 Å². The summed E-state index contributed by atoms with van der Waals surface area (Å²) in [4.78, 5) is 7.25. The molecule has 0 aromatic carbocycles. The number of aliphatic hydroxyl groups excluding tert-OH is 1. The van der Waals surface area contributed by atoms with Crippen LogP contribution >= 0.6 is 0 Å². The molecular weight excluding hydrogens is 250 g/mol. The van der Waals surface area contributed by atoms with E-state index in [2.05, 4.69) is 4.90 Å². The molecular formula is C16H21N3O. The highest BCUT2D eigenvalue weighted by Gasteiger charge is 2.37. The quantitative estimate of drug-likeness (QED) is 0.912. The van der Waals surface area contributed by atoms with Gasteiger partial charge < -0.3 is 10.0 Å². The molecule has 2 aromatic heterocycles. The van der Waals surface area contributed by atoms with E-state index < -0.39 is 0 Å². The Morgan fingerprint density at radius 1 is 1.20 bits per heavy atom. The van der Waals surface area contributed by atoms with Gasteiger partial charge in [-0.3, -0.25) is 4.40 Å². The summed E-state index contributed by atoms with van der Waals surface area (Å²) in [5, 5.41) is 9.77. The van der Waals surface area contributed by atoms with Gasteiger partial charge in [0, 0.05) is 18.8 Å². The second-order valence-corrected chi connectivity index (χ2v) is 6.06. The van der Waals surface area contributed by atoms with Crippen LogP contribution in [0.2, 0.25) is 0 Å². The Labute approximate surface area is 119 Å². The molecule has 0 radical (unpaired) electrons. The van der Waals surface area contributed by atoms with Gasteiger partial charge in [-0.25, -0.2) is 4.98 Å². The molecule has 20 heavy (non-hydrogen) atoms. The molecule has 1 aliphatic carbocycles. The van der Waals surface area contributed by atoms with Crippen molar-refractivity contribution < 1.29 is 5.11 Å². The molecule has 4 nitrogen and oxygen atoms in total. The zero-order valence-corrected chi connectivity index (χ0v) is 11.7. The van der Waals surface area contributed by atoms with E-state index in [0.717, 1.165) is 29.6 Å². The van der Waals surface area contributed by atoms with Crippen LogP contribution in [0.15, 0.2) is 24.4 Å². The SMILES string of the molecule is OCc1c(N2CCC3CCCCC32)nc2ccccn12. The molecule has 1 saturated carbocycles. The molecule has 2 aliphatic rings. The maximum atomic E-state index is 9.77. The highest BCUT2D eigenvalue weighted by molar-refractivity contribution is 5.57. The molecule has 2 fully saturated rings. The van der Waals surface area contributed by atoms with Crippen LogP contribution in [0.4, 0.5) is 5.82 Å². The van der Waals surface area contributed by atoms with E-state index >= 15 is 0 Å². The maximum Gasteiger partial charge on any atom is 0.153 e. The minimum atomic E-state index is 0.0500. The van der Waals surface area contributed by atoms with Crippen LogP contribution in [-0.2, 0) is 6.61 Å². The average Bonchev–Trinajstić information content (AvgIpc) is 3.07. The lowest BCUT2D eigenvalue weighted by Gasteiger charge is -2.32. The smallest absolute Gasteiger partial charge is 0.153 e. The first-order valence-electron chi connectivity index (χ1n) is 7.72. The molecule has 1 aliphatic heterocycles. The second-order valence-electron chi connectivity index (χ2n) is 6.06. The van der Waals surface area contributed by atoms with Crippen LogP contribution in [0.3, 0.4) is 0 Å². The number of fused-ring (bicyclic) bond motifs is 2. The van der Waals surface area contributed by atoms with Crippen molar-refractivity contribution in [1.29, 1.82) is 0 Å². The number of anilines is 1. The highest BCUT2D eigenvalue weighted by Crippen LogP contribution is 2.39. The summed E-state index contributed by atoms with van der Waals surface area (Å²) < 4.78 is 2.02. The van der Waals surface area contributed by atoms with Crippen molar-refractivity contribution in [3.63, 3.8) is 0 Å². The Morgan fingerprint density at radius 3 is 3.00 bits per heavy atom. The third-order valence-electron chi connectivity index (χ3n) is 5.04. The van der Waals surface area contributed by atoms with E-state index in [0.29, 0.717) is 6.04 Å². The molecule has 4 heteroatoms. The van der Waals surface area contributed by atoms with Crippen LogP contribution < -0.4 is 4.90 Å². The topological polar surface area (TPSA) is 40.8 Å². The number of aromatic nitrogens is 2. The molecule has 0 amide bonds. The number of hydrogen-bond donors (Lipinski definition) is 1. The number of pyridine rings is 1. The Morgan fingerprint density at radius 2 is 2.10 bits per heavy atom. The number of aliphatic hydroxyl groups is 1.